The van der Waals surface area contributed by atoms with E-state index in [1.54, 1.807) is 24.3 Å². The minimum absolute atomic E-state index is 0.243. The molecule has 0 atom stereocenters. The summed E-state index contributed by atoms with van der Waals surface area (Å²) in [7, 11) is -3.63. The number of hydrazone groups is 1. The normalized spacial score (nSPS) is 14.4. The van der Waals surface area contributed by atoms with Crippen LogP contribution in [0.25, 0.3) is 0 Å². The summed E-state index contributed by atoms with van der Waals surface area (Å²) >= 11 is 5.14. The van der Waals surface area contributed by atoms with E-state index in [4.69, 9.17) is 4.74 Å². The summed E-state index contributed by atoms with van der Waals surface area (Å²) in [6.45, 7) is -0.375. The molecule has 0 aliphatic carbocycles. The van der Waals surface area contributed by atoms with Crippen molar-refractivity contribution in [2.24, 2.45) is 5.10 Å². The summed E-state index contributed by atoms with van der Waals surface area (Å²) in [4.78, 5) is 12.2. The number of hydrogen-bond acceptors (Lipinski definition) is 6. The molecule has 2 aromatic carbocycles. The lowest BCUT2D eigenvalue weighted by atomic mass is 10.2. The van der Waals surface area contributed by atoms with E-state index in [1.165, 1.54) is 6.21 Å². The maximum Gasteiger partial charge on any atom is 0.260 e. The molecule has 0 saturated carbocycles. The number of halogens is 1. The van der Waals surface area contributed by atoms with Crippen molar-refractivity contribution in [3.63, 3.8) is 0 Å². The third kappa shape index (κ3) is 6.48. The molecule has 1 fully saturated rings. The van der Waals surface area contributed by atoms with Crippen LogP contribution < -0.4 is 14.5 Å². The van der Waals surface area contributed by atoms with Crippen molar-refractivity contribution < 1.29 is 17.9 Å². The van der Waals surface area contributed by atoms with Crippen LogP contribution in [0.5, 0.6) is 5.75 Å². The fourth-order valence-electron chi connectivity index (χ4n) is 2.49. The van der Waals surface area contributed by atoms with Crippen molar-refractivity contribution in [3.8, 4) is 5.75 Å². The molecular formula is C19H20BrN3O4S2. The zero-order valence-corrected chi connectivity index (χ0v) is 18.8. The fourth-order valence-corrected chi connectivity index (χ4v) is 4.18. The van der Waals surface area contributed by atoms with Crippen LogP contribution >= 0.6 is 27.7 Å². The molecule has 7 nitrogen and oxygen atoms in total. The molecule has 154 valence electrons. The highest BCUT2D eigenvalue weighted by molar-refractivity contribution is 9.10. The average Bonchev–Trinajstić information content (AvgIpc) is 2.63. The average molecular weight is 498 g/mol. The number of benzene rings is 2. The summed E-state index contributed by atoms with van der Waals surface area (Å²) in [5.41, 5.74) is 3.53. The van der Waals surface area contributed by atoms with E-state index in [0.717, 1.165) is 37.9 Å². The number of nitrogens with one attached hydrogen (secondary N) is 1. The van der Waals surface area contributed by atoms with Gasteiger partial charge in [0.15, 0.2) is 0 Å². The number of thioether (sulfide) groups is 1. The van der Waals surface area contributed by atoms with Gasteiger partial charge in [-0.3, -0.25) is 9.10 Å². The highest BCUT2D eigenvalue weighted by atomic mass is 79.9. The second-order valence-corrected chi connectivity index (χ2v) is 10.3. The number of amides is 1. The van der Waals surface area contributed by atoms with Gasteiger partial charge in [0.25, 0.3) is 5.91 Å². The third-order valence-electron chi connectivity index (χ3n) is 3.97. The molecule has 29 heavy (non-hydrogen) atoms. The molecule has 1 amide bonds. The summed E-state index contributed by atoms with van der Waals surface area (Å²) in [6, 6.07) is 14.1. The first-order valence-electron chi connectivity index (χ1n) is 8.71. The van der Waals surface area contributed by atoms with E-state index in [1.807, 2.05) is 36.0 Å². The molecule has 2 aromatic rings. The van der Waals surface area contributed by atoms with Crippen LogP contribution in [0.1, 0.15) is 5.56 Å². The number of hydrogen-bond donors (Lipinski definition) is 1. The minimum Gasteiger partial charge on any atom is -0.489 e. The van der Waals surface area contributed by atoms with E-state index >= 15 is 0 Å². The Hall–Kier alpha value is -2.04. The molecule has 0 unspecified atom stereocenters. The van der Waals surface area contributed by atoms with Gasteiger partial charge in [-0.1, -0.05) is 28.1 Å². The number of ether oxygens (including phenoxy) is 1. The first-order valence-corrected chi connectivity index (χ1v) is 12.5. The van der Waals surface area contributed by atoms with Gasteiger partial charge in [-0.25, -0.2) is 13.8 Å². The van der Waals surface area contributed by atoms with Crippen LogP contribution in [-0.4, -0.2) is 50.9 Å². The zero-order valence-electron chi connectivity index (χ0n) is 15.6. The van der Waals surface area contributed by atoms with E-state index in [2.05, 4.69) is 26.5 Å². The Morgan fingerprint density at radius 3 is 2.66 bits per heavy atom. The lowest BCUT2D eigenvalue weighted by molar-refractivity contribution is -0.119. The molecule has 1 heterocycles. The van der Waals surface area contributed by atoms with Crippen LogP contribution in [0.3, 0.4) is 0 Å². The zero-order chi connectivity index (χ0) is 20.9. The van der Waals surface area contributed by atoms with Crippen molar-refractivity contribution in [1.82, 2.24) is 5.43 Å². The third-order valence-corrected chi connectivity index (χ3v) is 6.86. The molecule has 1 aliphatic rings. The Kier molecular flexibility index (Phi) is 7.20. The van der Waals surface area contributed by atoms with Crippen molar-refractivity contribution in [3.05, 3.63) is 58.6 Å². The molecule has 1 aliphatic heterocycles. The Morgan fingerprint density at radius 1 is 1.31 bits per heavy atom. The van der Waals surface area contributed by atoms with Crippen LogP contribution in [0, 0.1) is 0 Å². The molecule has 0 spiro atoms. The van der Waals surface area contributed by atoms with Gasteiger partial charge in [-0.15, -0.1) is 0 Å². The van der Waals surface area contributed by atoms with Crippen LogP contribution in [0.15, 0.2) is 58.1 Å². The lowest BCUT2D eigenvalue weighted by Crippen LogP contribution is -2.39. The highest BCUT2D eigenvalue weighted by Gasteiger charge is 2.21. The number of carbonyl (C=O) groups is 1. The molecule has 0 bridgehead atoms. The van der Waals surface area contributed by atoms with Gasteiger partial charge in [-0.05, 0) is 42.0 Å². The first kappa shape index (κ1) is 21.7. The maximum absolute atomic E-state index is 12.2. The molecular weight excluding hydrogens is 478 g/mol. The largest absolute Gasteiger partial charge is 0.489 e. The highest BCUT2D eigenvalue weighted by Crippen LogP contribution is 2.24. The van der Waals surface area contributed by atoms with Crippen molar-refractivity contribution >= 4 is 55.5 Å². The van der Waals surface area contributed by atoms with Gasteiger partial charge >= 0.3 is 0 Å². The van der Waals surface area contributed by atoms with Gasteiger partial charge in [0.2, 0.25) is 10.0 Å². The second kappa shape index (κ2) is 9.64. The first-order chi connectivity index (χ1) is 13.8. The summed E-state index contributed by atoms with van der Waals surface area (Å²) in [5, 5.41) is 3.93. The predicted molar refractivity (Wildman–Crippen MR) is 120 cm³/mol. The Bertz CT molecular complexity index is 993. The van der Waals surface area contributed by atoms with Crippen LogP contribution in [-0.2, 0) is 14.8 Å². The van der Waals surface area contributed by atoms with E-state index in [9.17, 15) is 13.2 Å². The minimum atomic E-state index is -3.63. The number of carbonyl (C=O) groups excluding carboxylic acids is 1. The van der Waals surface area contributed by atoms with Gasteiger partial charge in [0.1, 0.15) is 18.4 Å². The topological polar surface area (TPSA) is 88.1 Å². The number of anilines is 1. The van der Waals surface area contributed by atoms with Gasteiger partial charge in [0.05, 0.1) is 18.2 Å². The maximum atomic E-state index is 12.2. The summed E-state index contributed by atoms with van der Waals surface area (Å²) in [6.07, 6.45) is 2.79. The molecule has 1 saturated heterocycles. The van der Waals surface area contributed by atoms with Crippen molar-refractivity contribution in [2.45, 2.75) is 6.10 Å². The summed E-state index contributed by atoms with van der Waals surface area (Å²) in [5.74, 6) is 2.19. The Balaban J connectivity index is 1.60. The fraction of sp³-hybridized carbons (Fsp3) is 0.263. The van der Waals surface area contributed by atoms with E-state index < -0.39 is 15.9 Å². The molecule has 10 heteroatoms. The summed E-state index contributed by atoms with van der Waals surface area (Å²) < 4.78 is 31.8. The molecule has 1 N–H and O–H groups in total. The SMILES string of the molecule is CS(=O)(=O)N(CC(=O)N/N=C\c1cccc(OC2CSC2)c1)c1ccc(Br)cc1. The van der Waals surface area contributed by atoms with E-state index in [0.29, 0.717) is 5.69 Å². The van der Waals surface area contributed by atoms with Crippen LogP contribution in [0.4, 0.5) is 5.69 Å². The lowest BCUT2D eigenvalue weighted by Gasteiger charge is -2.25. The number of rotatable bonds is 8. The van der Waals surface area contributed by atoms with Gasteiger partial charge < -0.3 is 4.74 Å². The number of sulfonamides is 1. The molecule has 0 radical (unpaired) electrons. The Morgan fingerprint density at radius 2 is 2.03 bits per heavy atom. The standard InChI is InChI=1S/C19H20BrN3O4S2/c1-29(25,26)23(16-7-5-15(20)6-8-16)11-19(24)22-21-10-14-3-2-4-17(9-14)27-18-12-28-13-18/h2-10,18H,11-13H2,1H3,(H,22,24)/b21-10-. The predicted octanol–water partition coefficient (Wildman–Crippen LogP) is 2.86. The quantitative estimate of drug-likeness (QED) is 0.447. The van der Waals surface area contributed by atoms with E-state index in [-0.39, 0.29) is 12.6 Å². The Labute approximate surface area is 182 Å². The number of nitrogens with zero attached hydrogens (tertiary/aromatic N) is 2. The van der Waals surface area contributed by atoms with Crippen molar-refractivity contribution in [2.75, 3.05) is 28.6 Å². The second-order valence-electron chi connectivity index (χ2n) is 6.39. The molecule has 3 rings (SSSR count). The van der Waals surface area contributed by atoms with Crippen molar-refractivity contribution in [1.29, 1.82) is 0 Å². The van der Waals surface area contributed by atoms with Crippen LogP contribution in [0.2, 0.25) is 0 Å². The van der Waals surface area contributed by atoms with Gasteiger partial charge in [-0.2, -0.15) is 16.9 Å². The smallest absolute Gasteiger partial charge is 0.260 e. The molecule has 0 aromatic heterocycles. The monoisotopic (exact) mass is 497 g/mol. The van der Waals surface area contributed by atoms with Gasteiger partial charge in [0, 0.05) is 16.0 Å².